The van der Waals surface area contributed by atoms with Crippen LogP contribution in [0.25, 0.3) is 10.1 Å². The Balaban J connectivity index is 1.38. The second kappa shape index (κ2) is 21.3. The van der Waals surface area contributed by atoms with E-state index in [0.29, 0.717) is 25.0 Å². The lowest BCUT2D eigenvalue weighted by Crippen LogP contribution is -2.60. The summed E-state index contributed by atoms with van der Waals surface area (Å²) in [5, 5.41) is 24.9. The highest BCUT2D eigenvalue weighted by atomic mass is 32.1. The van der Waals surface area contributed by atoms with E-state index in [0.717, 1.165) is 15.6 Å². The van der Waals surface area contributed by atoms with Gasteiger partial charge in [-0.3, -0.25) is 38.4 Å². The third-order valence-corrected chi connectivity index (χ3v) is 12.9. The number of nitrogens with one attached hydrogen (secondary N) is 5. The summed E-state index contributed by atoms with van der Waals surface area (Å²) in [6.45, 7) is 3.61. The molecule has 64 heavy (non-hydrogen) atoms. The zero-order valence-electron chi connectivity index (χ0n) is 35.7. The Hall–Kier alpha value is -6.48. The van der Waals surface area contributed by atoms with Gasteiger partial charge in [0.1, 0.15) is 30.2 Å². The highest BCUT2D eigenvalue weighted by Crippen LogP contribution is 2.32. The van der Waals surface area contributed by atoms with Crippen molar-refractivity contribution in [3.05, 3.63) is 71.4 Å². The highest BCUT2D eigenvalue weighted by molar-refractivity contribution is 7.17. The van der Waals surface area contributed by atoms with E-state index in [1.54, 1.807) is 24.7 Å². The smallest absolute Gasteiger partial charge is 0.246 e. The van der Waals surface area contributed by atoms with Crippen molar-refractivity contribution in [2.75, 3.05) is 13.1 Å². The molecule has 0 radical (unpaired) electrons. The molecule has 8 amide bonds. The fourth-order valence-electron chi connectivity index (χ4n) is 8.06. The average Bonchev–Trinajstić information content (AvgIpc) is 4.10. The molecule has 3 aromatic rings. The quantitative estimate of drug-likeness (QED) is 0.135. The van der Waals surface area contributed by atoms with Gasteiger partial charge in [0.05, 0.1) is 30.6 Å². The van der Waals surface area contributed by atoms with E-state index in [-0.39, 0.29) is 38.3 Å². The van der Waals surface area contributed by atoms with Crippen LogP contribution in [-0.2, 0) is 44.8 Å². The number of hydrogen-bond acceptors (Lipinski definition) is 12. The van der Waals surface area contributed by atoms with Gasteiger partial charge in [0.2, 0.25) is 47.3 Å². The third kappa shape index (κ3) is 11.6. The number of primary amides is 2. The Morgan fingerprint density at radius 1 is 0.922 bits per heavy atom. The minimum atomic E-state index is -1.57. The van der Waals surface area contributed by atoms with Crippen LogP contribution in [0.1, 0.15) is 82.0 Å². The van der Waals surface area contributed by atoms with Gasteiger partial charge < -0.3 is 48.7 Å². The Morgan fingerprint density at radius 3 is 2.36 bits per heavy atom. The third-order valence-electron chi connectivity index (χ3n) is 11.9. The first kappa shape index (κ1) is 47.0. The minimum Gasteiger partial charge on any atom is -0.370 e. The fraction of sp³-hybridized carbons (Fsp3) is 0.488. The summed E-state index contributed by atoms with van der Waals surface area (Å²) < 4.78 is 2.56. The summed E-state index contributed by atoms with van der Waals surface area (Å²) in [6.07, 6.45) is 9.58. The number of nitrogens with two attached hydrogens (primary N) is 3. The molecule has 1 aliphatic carbocycles. The molecule has 0 bridgehead atoms. The molecule has 2 saturated heterocycles. The molecule has 2 fully saturated rings. The minimum absolute atomic E-state index is 0.0265. The van der Waals surface area contributed by atoms with Crippen LogP contribution in [0, 0.1) is 5.92 Å². The number of fused-ring (bicyclic) bond motifs is 2. The molecule has 21 heteroatoms. The Labute approximate surface area is 373 Å². The summed E-state index contributed by atoms with van der Waals surface area (Å²) in [6, 6.07) is -0.817. The van der Waals surface area contributed by atoms with Crippen LogP contribution in [0.15, 0.2) is 60.1 Å². The van der Waals surface area contributed by atoms with Crippen molar-refractivity contribution in [3.63, 3.8) is 0 Å². The summed E-state index contributed by atoms with van der Waals surface area (Å²) in [7, 11) is 0. The lowest BCUT2D eigenvalue weighted by Gasteiger charge is -2.33. The monoisotopic (exact) mass is 900 g/mol. The zero-order chi connectivity index (χ0) is 46.1. The molecule has 4 heterocycles. The van der Waals surface area contributed by atoms with Gasteiger partial charge in [-0.15, -0.1) is 16.4 Å². The number of benzene rings is 1. The number of aromatic nitrogens is 3. The summed E-state index contributed by atoms with van der Waals surface area (Å²) in [5.74, 6) is -6.81. The van der Waals surface area contributed by atoms with E-state index in [2.05, 4.69) is 36.9 Å². The highest BCUT2D eigenvalue weighted by Gasteiger charge is 2.45. The SMILES string of the molecule is CCC(C)[C@@H]1NC(=O)[C@H](CC(N)=O)NC(=O)[C@@H](N)CC(=O)NCCCC[C@@H](C(N)=O)NC(=O)[C@H](Cc2csc3ccccc23)NC(=O)[C@@H]2C[C@H](n3cc(C4C=CC=C4)nn3)CN2C1=O. The molecule has 3 aliphatic rings. The number of hydrogen-bond donors (Lipinski definition) is 8. The van der Waals surface area contributed by atoms with Crippen LogP contribution in [0.5, 0.6) is 0 Å². The molecule has 11 N–H and O–H groups in total. The molecule has 0 saturated carbocycles. The summed E-state index contributed by atoms with van der Waals surface area (Å²) in [5.41, 5.74) is 18.7. The van der Waals surface area contributed by atoms with Gasteiger partial charge in [0.15, 0.2) is 0 Å². The van der Waals surface area contributed by atoms with Gasteiger partial charge in [-0.1, -0.05) is 68.0 Å². The predicted octanol–water partition coefficient (Wildman–Crippen LogP) is -0.549. The van der Waals surface area contributed by atoms with Crippen molar-refractivity contribution >= 4 is 68.7 Å². The van der Waals surface area contributed by atoms with E-state index in [4.69, 9.17) is 17.2 Å². The van der Waals surface area contributed by atoms with Crippen LogP contribution in [0.2, 0.25) is 0 Å². The Kier molecular flexibility index (Phi) is 15.6. The van der Waals surface area contributed by atoms with Gasteiger partial charge in [-0.2, -0.15) is 0 Å². The number of carbonyl (C=O) groups is 8. The van der Waals surface area contributed by atoms with Crippen molar-refractivity contribution < 1.29 is 38.4 Å². The molecule has 2 aromatic heterocycles. The van der Waals surface area contributed by atoms with Gasteiger partial charge in [0, 0.05) is 42.7 Å². The maximum absolute atomic E-state index is 14.9. The number of carbonyl (C=O) groups excluding carboxylic acids is 8. The summed E-state index contributed by atoms with van der Waals surface area (Å²) >= 11 is 1.47. The van der Waals surface area contributed by atoms with Crippen molar-refractivity contribution in [2.24, 2.45) is 23.1 Å². The van der Waals surface area contributed by atoms with E-state index >= 15 is 0 Å². The molecular weight excluding hydrogens is 845 g/mol. The molecule has 20 nitrogen and oxygen atoms in total. The van der Waals surface area contributed by atoms with Crippen molar-refractivity contribution in [1.29, 1.82) is 0 Å². The number of allylic oxidation sites excluding steroid dienone is 4. The molecule has 6 rings (SSSR count). The lowest BCUT2D eigenvalue weighted by atomic mass is 9.96. The van der Waals surface area contributed by atoms with E-state index in [1.807, 2.05) is 53.9 Å². The molecule has 8 atom stereocenters. The van der Waals surface area contributed by atoms with Crippen molar-refractivity contribution in [2.45, 2.75) is 113 Å². The van der Waals surface area contributed by atoms with E-state index in [9.17, 15) is 38.4 Å². The molecule has 2 aliphatic heterocycles. The topological polar surface area (TPSA) is 309 Å². The Morgan fingerprint density at radius 2 is 1.64 bits per heavy atom. The van der Waals surface area contributed by atoms with Gasteiger partial charge in [0.25, 0.3) is 0 Å². The first-order chi connectivity index (χ1) is 30.6. The number of nitrogens with zero attached hydrogens (tertiary/aromatic N) is 4. The van der Waals surface area contributed by atoms with E-state index in [1.165, 1.54) is 16.2 Å². The first-order valence-corrected chi connectivity index (χ1v) is 22.3. The first-order valence-electron chi connectivity index (χ1n) is 21.5. The van der Waals surface area contributed by atoms with Crippen LogP contribution in [0.4, 0.5) is 0 Å². The van der Waals surface area contributed by atoms with Crippen molar-refractivity contribution in [1.82, 2.24) is 46.5 Å². The van der Waals surface area contributed by atoms with E-state index < -0.39 is 108 Å². The van der Waals surface area contributed by atoms with Crippen LogP contribution < -0.4 is 43.8 Å². The lowest BCUT2D eigenvalue weighted by molar-refractivity contribution is -0.143. The normalized spacial score (nSPS) is 26.4. The average molecular weight is 901 g/mol. The van der Waals surface area contributed by atoms with Gasteiger partial charge in [-0.05, 0) is 47.6 Å². The molecule has 0 spiro atoms. The second-order valence-electron chi connectivity index (χ2n) is 16.6. The maximum Gasteiger partial charge on any atom is 0.246 e. The predicted molar refractivity (Wildman–Crippen MR) is 235 cm³/mol. The van der Waals surface area contributed by atoms with Crippen LogP contribution >= 0.6 is 11.3 Å². The van der Waals surface area contributed by atoms with Crippen LogP contribution in [0.3, 0.4) is 0 Å². The molecular formula is C43H56N12O8S. The second-order valence-corrected chi connectivity index (χ2v) is 17.5. The zero-order valence-corrected chi connectivity index (χ0v) is 36.6. The molecule has 1 unspecified atom stereocenters. The largest absolute Gasteiger partial charge is 0.370 e. The standard InChI is InChI=1S/C43H56N12O8S/c1-3-23(2)37-43(63)54-20-26(55-21-32(52-53-55)24-10-4-5-11-24)17-33(54)42(62)50-30(16-25-22-64-34-14-7-6-12-27(25)34)40(60)48-29(38(46)58)13-8-9-15-47-36(57)18-28(44)39(59)49-31(19-35(45)56)41(61)51-37/h4-7,10-12,14,21-24,26,28-31,33,37H,3,8-9,13,15-20,44H2,1-2H3,(H2,45,56)(H2,46,58)(H,47,57)(H,48,60)(H,49,59)(H,50,62)(H,51,61)/t23?,26-,28-,29-,30-,31-,33-,37-/m0/s1. The maximum atomic E-state index is 14.9. The summed E-state index contributed by atoms with van der Waals surface area (Å²) in [4.78, 5) is 110. The van der Waals surface area contributed by atoms with Gasteiger partial charge >= 0.3 is 0 Å². The number of thiophene rings is 1. The molecule has 1 aromatic carbocycles. The number of amides is 8. The fourth-order valence-corrected chi connectivity index (χ4v) is 9.04. The van der Waals surface area contributed by atoms with Gasteiger partial charge in [-0.25, -0.2) is 4.68 Å². The Bertz CT molecular complexity index is 2300. The number of rotatable bonds is 9. The molecule has 342 valence electrons. The van der Waals surface area contributed by atoms with Crippen molar-refractivity contribution in [3.8, 4) is 0 Å². The van der Waals surface area contributed by atoms with Crippen LogP contribution in [-0.4, -0.2) is 116 Å².